The van der Waals surface area contributed by atoms with Crippen molar-refractivity contribution in [1.29, 1.82) is 0 Å². The summed E-state index contributed by atoms with van der Waals surface area (Å²) >= 11 is 0. The molecule has 1 aliphatic carbocycles. The standard InChI is InChI=1S/C22H24O5S/c1-2-3-4-5-6-7-10-15-13-16(28(25,26)27)14-19-20(15)22(24)18-12-9-8-11-17(18)21(19)23/h8-9,11-14H,2-7,10H2,1H3,(H,25,26,27). The third kappa shape index (κ3) is 4.08. The first-order valence-electron chi connectivity index (χ1n) is 9.67. The Hall–Kier alpha value is -2.31. The molecule has 0 saturated carbocycles. The van der Waals surface area contributed by atoms with Crippen LogP contribution in [0.15, 0.2) is 41.3 Å². The molecular weight excluding hydrogens is 376 g/mol. The van der Waals surface area contributed by atoms with Gasteiger partial charge in [-0.05, 0) is 30.5 Å². The van der Waals surface area contributed by atoms with Gasteiger partial charge in [0.2, 0.25) is 0 Å². The molecule has 5 nitrogen and oxygen atoms in total. The molecule has 0 unspecified atom stereocenters. The molecule has 0 radical (unpaired) electrons. The zero-order valence-corrected chi connectivity index (χ0v) is 16.7. The molecule has 0 aromatic heterocycles. The van der Waals surface area contributed by atoms with Crippen molar-refractivity contribution >= 4 is 21.7 Å². The van der Waals surface area contributed by atoms with Crippen molar-refractivity contribution in [1.82, 2.24) is 0 Å². The summed E-state index contributed by atoms with van der Waals surface area (Å²) in [5, 5.41) is 0. The summed E-state index contributed by atoms with van der Waals surface area (Å²) in [5.74, 6) is -0.659. The first kappa shape index (κ1) is 20.4. The second kappa shape index (κ2) is 8.37. The Kier molecular flexibility index (Phi) is 6.10. The number of benzene rings is 2. The highest BCUT2D eigenvalue weighted by Crippen LogP contribution is 2.32. The topological polar surface area (TPSA) is 88.5 Å². The van der Waals surface area contributed by atoms with Crippen LogP contribution in [-0.2, 0) is 16.5 Å². The lowest BCUT2D eigenvalue weighted by Crippen LogP contribution is -2.23. The molecule has 0 spiro atoms. The Balaban J connectivity index is 1.99. The first-order valence-corrected chi connectivity index (χ1v) is 11.1. The fraction of sp³-hybridized carbons (Fsp3) is 0.364. The van der Waals surface area contributed by atoms with Gasteiger partial charge in [0.05, 0.1) is 4.90 Å². The number of fused-ring (bicyclic) bond motifs is 2. The lowest BCUT2D eigenvalue weighted by Gasteiger charge is -2.21. The Morgan fingerprint density at radius 3 is 2.07 bits per heavy atom. The maximum atomic E-state index is 13.0. The average Bonchev–Trinajstić information content (AvgIpc) is 2.67. The lowest BCUT2D eigenvalue weighted by molar-refractivity contribution is 0.0978. The van der Waals surface area contributed by atoms with Gasteiger partial charge < -0.3 is 0 Å². The fourth-order valence-corrected chi connectivity index (χ4v) is 4.28. The van der Waals surface area contributed by atoms with Crippen LogP contribution in [0.1, 0.15) is 82.9 Å². The highest BCUT2D eigenvalue weighted by atomic mass is 32.2. The summed E-state index contributed by atoms with van der Waals surface area (Å²) in [6.45, 7) is 2.15. The summed E-state index contributed by atoms with van der Waals surface area (Å²) < 4.78 is 32.9. The van der Waals surface area contributed by atoms with Crippen molar-refractivity contribution < 1.29 is 22.6 Å². The van der Waals surface area contributed by atoms with Gasteiger partial charge >= 0.3 is 0 Å². The predicted octanol–water partition coefficient (Wildman–Crippen LogP) is 4.61. The molecule has 0 atom stereocenters. The number of aryl methyl sites for hydroxylation is 1. The molecule has 0 bridgehead atoms. The van der Waals surface area contributed by atoms with E-state index >= 15 is 0 Å². The van der Waals surface area contributed by atoms with Crippen LogP contribution in [0.25, 0.3) is 0 Å². The van der Waals surface area contributed by atoms with E-state index in [4.69, 9.17) is 0 Å². The van der Waals surface area contributed by atoms with E-state index in [2.05, 4.69) is 6.92 Å². The van der Waals surface area contributed by atoms with Crippen LogP contribution in [0.2, 0.25) is 0 Å². The van der Waals surface area contributed by atoms with Crippen molar-refractivity contribution in [2.24, 2.45) is 0 Å². The molecule has 0 aliphatic heterocycles. The zero-order chi connectivity index (χ0) is 20.3. The molecule has 0 saturated heterocycles. The van der Waals surface area contributed by atoms with E-state index in [0.29, 0.717) is 17.5 Å². The van der Waals surface area contributed by atoms with E-state index in [1.165, 1.54) is 12.5 Å². The molecule has 1 aliphatic rings. The average molecular weight is 400 g/mol. The molecule has 148 valence electrons. The fourth-order valence-electron chi connectivity index (χ4n) is 3.72. The zero-order valence-electron chi connectivity index (χ0n) is 15.9. The second-order valence-corrected chi connectivity index (χ2v) is 8.62. The van der Waals surface area contributed by atoms with Crippen molar-refractivity contribution in [2.75, 3.05) is 0 Å². The molecule has 0 heterocycles. The van der Waals surface area contributed by atoms with Crippen LogP contribution >= 0.6 is 0 Å². The van der Waals surface area contributed by atoms with Gasteiger partial charge in [-0.25, -0.2) is 0 Å². The highest BCUT2D eigenvalue weighted by molar-refractivity contribution is 7.85. The van der Waals surface area contributed by atoms with Crippen molar-refractivity contribution in [2.45, 2.75) is 56.8 Å². The Morgan fingerprint density at radius 2 is 1.43 bits per heavy atom. The number of hydrogen-bond donors (Lipinski definition) is 1. The molecule has 2 aromatic carbocycles. The minimum absolute atomic E-state index is 0.0554. The van der Waals surface area contributed by atoms with Crippen LogP contribution in [0, 0.1) is 0 Å². The van der Waals surface area contributed by atoms with Gasteiger partial charge in [0, 0.05) is 22.3 Å². The normalized spacial score (nSPS) is 13.4. The number of carbonyl (C=O) groups excluding carboxylic acids is 2. The van der Waals surface area contributed by atoms with Gasteiger partial charge in [-0.1, -0.05) is 63.3 Å². The van der Waals surface area contributed by atoms with E-state index < -0.39 is 10.1 Å². The lowest BCUT2D eigenvalue weighted by atomic mass is 9.81. The Bertz CT molecular complexity index is 1020. The summed E-state index contributed by atoms with van der Waals surface area (Å²) in [7, 11) is -4.48. The van der Waals surface area contributed by atoms with E-state index in [9.17, 15) is 22.6 Å². The predicted molar refractivity (Wildman–Crippen MR) is 107 cm³/mol. The second-order valence-electron chi connectivity index (χ2n) is 7.20. The Morgan fingerprint density at radius 1 is 0.821 bits per heavy atom. The van der Waals surface area contributed by atoms with Gasteiger partial charge in [0.25, 0.3) is 10.1 Å². The van der Waals surface area contributed by atoms with Gasteiger partial charge in [-0.15, -0.1) is 0 Å². The largest absolute Gasteiger partial charge is 0.294 e. The van der Waals surface area contributed by atoms with E-state index in [-0.39, 0.29) is 33.2 Å². The molecule has 0 amide bonds. The maximum absolute atomic E-state index is 13.0. The molecule has 3 rings (SSSR count). The quantitative estimate of drug-likeness (QED) is 0.440. The molecule has 6 heteroatoms. The smallest absolute Gasteiger partial charge is 0.289 e. The van der Waals surface area contributed by atoms with Crippen LogP contribution in [0.3, 0.4) is 0 Å². The van der Waals surface area contributed by atoms with Crippen LogP contribution < -0.4 is 0 Å². The summed E-state index contributed by atoms with van der Waals surface area (Å²) in [6.07, 6.45) is 6.78. The minimum atomic E-state index is -4.48. The van der Waals surface area contributed by atoms with E-state index in [0.717, 1.165) is 38.2 Å². The van der Waals surface area contributed by atoms with Gasteiger partial charge in [-0.3, -0.25) is 14.1 Å². The van der Waals surface area contributed by atoms with Crippen molar-refractivity contribution in [3.8, 4) is 0 Å². The number of carbonyl (C=O) groups is 2. The van der Waals surface area contributed by atoms with Gasteiger partial charge in [-0.2, -0.15) is 8.42 Å². The summed E-state index contributed by atoms with van der Waals surface area (Å²) in [5.41, 5.74) is 1.43. The minimum Gasteiger partial charge on any atom is -0.289 e. The van der Waals surface area contributed by atoms with Crippen LogP contribution in [0.5, 0.6) is 0 Å². The molecular formula is C22H24O5S. The Labute approximate surface area is 165 Å². The molecule has 28 heavy (non-hydrogen) atoms. The van der Waals surface area contributed by atoms with Gasteiger partial charge in [0.1, 0.15) is 0 Å². The van der Waals surface area contributed by atoms with E-state index in [1.807, 2.05) is 0 Å². The van der Waals surface area contributed by atoms with Crippen molar-refractivity contribution in [3.05, 3.63) is 64.2 Å². The highest BCUT2D eigenvalue weighted by Gasteiger charge is 2.33. The first-order chi connectivity index (χ1) is 13.3. The van der Waals surface area contributed by atoms with Crippen molar-refractivity contribution in [3.63, 3.8) is 0 Å². The number of hydrogen-bond acceptors (Lipinski definition) is 4. The van der Waals surface area contributed by atoms with E-state index in [1.54, 1.807) is 24.3 Å². The summed E-state index contributed by atoms with van der Waals surface area (Å²) in [6, 6.07) is 8.99. The number of rotatable bonds is 8. The monoisotopic (exact) mass is 400 g/mol. The third-order valence-corrected chi connectivity index (χ3v) is 6.01. The third-order valence-electron chi connectivity index (χ3n) is 5.18. The molecule has 1 N–H and O–H groups in total. The van der Waals surface area contributed by atoms with Gasteiger partial charge in [0.15, 0.2) is 11.6 Å². The van der Waals surface area contributed by atoms with Crippen LogP contribution in [0.4, 0.5) is 0 Å². The molecule has 0 fully saturated rings. The number of ketones is 2. The number of unbranched alkanes of at least 4 members (excludes halogenated alkanes) is 5. The van der Waals surface area contributed by atoms with Crippen LogP contribution in [-0.4, -0.2) is 24.5 Å². The summed E-state index contributed by atoms with van der Waals surface area (Å²) in [4.78, 5) is 25.6. The maximum Gasteiger partial charge on any atom is 0.294 e. The molecule has 2 aromatic rings. The SMILES string of the molecule is CCCCCCCCc1cc(S(=O)(=O)O)cc2c1C(=O)c1ccccc1C2=O.